The molecule has 0 aliphatic rings. The van der Waals surface area contributed by atoms with Crippen LogP contribution in [0.1, 0.15) is 11.3 Å². The highest BCUT2D eigenvalue weighted by molar-refractivity contribution is 7.80. The lowest BCUT2D eigenvalue weighted by Gasteiger charge is -2.22. The van der Waals surface area contributed by atoms with Crippen LogP contribution >= 0.6 is 12.2 Å². The summed E-state index contributed by atoms with van der Waals surface area (Å²) in [7, 11) is 1.63. The number of rotatable bonds is 5. The summed E-state index contributed by atoms with van der Waals surface area (Å²) in [4.78, 5) is 6.48. The van der Waals surface area contributed by atoms with Gasteiger partial charge in [0, 0.05) is 18.2 Å². The lowest BCUT2D eigenvalue weighted by molar-refractivity contribution is 0.415. The molecular weight excluding hydrogens is 330 g/mol. The Labute approximate surface area is 152 Å². The van der Waals surface area contributed by atoms with Gasteiger partial charge in [-0.05, 0) is 42.0 Å². The summed E-state index contributed by atoms with van der Waals surface area (Å²) in [5.41, 5.74) is 8.94. The summed E-state index contributed by atoms with van der Waals surface area (Å²) in [6.07, 6.45) is 0.748. The molecule has 1 aromatic heterocycles. The number of methoxy groups -OCH3 is 1. The van der Waals surface area contributed by atoms with Crippen molar-refractivity contribution in [2.75, 3.05) is 12.0 Å². The SMILES string of the molecule is COc1cccc(N(C(N)=S)c2cccc(Cc3ccccc3)n2)c1. The van der Waals surface area contributed by atoms with Crippen molar-refractivity contribution in [3.8, 4) is 5.75 Å². The molecule has 0 saturated carbocycles. The molecule has 3 aromatic rings. The van der Waals surface area contributed by atoms with Crippen LogP contribution in [0.4, 0.5) is 11.5 Å². The van der Waals surface area contributed by atoms with Crippen molar-refractivity contribution in [3.05, 3.63) is 84.1 Å². The van der Waals surface area contributed by atoms with Crippen LogP contribution in [-0.2, 0) is 6.42 Å². The number of thiocarbonyl (C=S) groups is 1. The van der Waals surface area contributed by atoms with Crippen molar-refractivity contribution >= 4 is 28.8 Å². The number of aromatic nitrogens is 1. The fourth-order valence-corrected chi connectivity index (χ4v) is 2.82. The monoisotopic (exact) mass is 349 g/mol. The van der Waals surface area contributed by atoms with Crippen LogP contribution in [0.2, 0.25) is 0 Å². The highest BCUT2D eigenvalue weighted by atomic mass is 32.1. The van der Waals surface area contributed by atoms with Crippen LogP contribution in [0.3, 0.4) is 0 Å². The third-order valence-electron chi connectivity index (χ3n) is 3.78. The number of nitrogens with zero attached hydrogens (tertiary/aromatic N) is 2. The van der Waals surface area contributed by atoms with Gasteiger partial charge in [0.1, 0.15) is 11.6 Å². The molecule has 0 unspecified atom stereocenters. The predicted molar refractivity (Wildman–Crippen MR) is 105 cm³/mol. The normalized spacial score (nSPS) is 10.3. The molecule has 0 radical (unpaired) electrons. The Kier molecular flexibility index (Phi) is 5.26. The quantitative estimate of drug-likeness (QED) is 0.704. The minimum absolute atomic E-state index is 0.234. The van der Waals surface area contributed by atoms with Gasteiger partial charge in [-0.15, -0.1) is 0 Å². The maximum atomic E-state index is 5.97. The first-order chi connectivity index (χ1) is 12.2. The second-order valence-electron chi connectivity index (χ2n) is 5.52. The van der Waals surface area contributed by atoms with Crippen molar-refractivity contribution in [1.29, 1.82) is 0 Å². The highest BCUT2D eigenvalue weighted by Gasteiger charge is 2.15. The van der Waals surface area contributed by atoms with Crippen LogP contribution < -0.4 is 15.4 Å². The average Bonchev–Trinajstić information content (AvgIpc) is 2.63. The predicted octanol–water partition coefficient (Wildman–Crippen LogP) is 4.06. The van der Waals surface area contributed by atoms with Gasteiger partial charge >= 0.3 is 0 Å². The van der Waals surface area contributed by atoms with Crippen molar-refractivity contribution in [3.63, 3.8) is 0 Å². The molecule has 4 nitrogen and oxygen atoms in total. The zero-order valence-electron chi connectivity index (χ0n) is 13.9. The van der Waals surface area contributed by atoms with E-state index in [2.05, 4.69) is 12.1 Å². The molecule has 0 bridgehead atoms. The lowest BCUT2D eigenvalue weighted by Crippen LogP contribution is -2.32. The minimum Gasteiger partial charge on any atom is -0.497 e. The smallest absolute Gasteiger partial charge is 0.176 e. The van der Waals surface area contributed by atoms with Crippen molar-refractivity contribution < 1.29 is 4.74 Å². The number of hydrogen-bond donors (Lipinski definition) is 1. The van der Waals surface area contributed by atoms with Gasteiger partial charge in [0.25, 0.3) is 0 Å². The Balaban J connectivity index is 1.94. The summed E-state index contributed by atoms with van der Waals surface area (Å²) < 4.78 is 5.29. The minimum atomic E-state index is 0.234. The molecule has 0 aliphatic carbocycles. The second kappa shape index (κ2) is 7.77. The van der Waals surface area contributed by atoms with E-state index in [-0.39, 0.29) is 5.11 Å². The molecule has 0 saturated heterocycles. The molecular formula is C20H19N3OS. The molecule has 1 heterocycles. The van der Waals surface area contributed by atoms with E-state index in [0.29, 0.717) is 5.82 Å². The van der Waals surface area contributed by atoms with Crippen LogP contribution in [-0.4, -0.2) is 17.2 Å². The number of ether oxygens (including phenoxy) is 1. The number of pyridine rings is 1. The summed E-state index contributed by atoms with van der Waals surface area (Å²) in [5.74, 6) is 1.42. The fourth-order valence-electron chi connectivity index (χ4n) is 2.62. The van der Waals surface area contributed by atoms with Crippen molar-refractivity contribution in [1.82, 2.24) is 4.98 Å². The lowest BCUT2D eigenvalue weighted by atomic mass is 10.1. The molecule has 126 valence electrons. The van der Waals surface area contributed by atoms with Gasteiger partial charge in [0.2, 0.25) is 0 Å². The Bertz CT molecular complexity index is 868. The summed E-state index contributed by atoms with van der Waals surface area (Å²) in [6, 6.07) is 23.7. The van der Waals surface area contributed by atoms with Gasteiger partial charge in [0.15, 0.2) is 5.11 Å². The summed E-state index contributed by atoms with van der Waals surface area (Å²) in [6.45, 7) is 0. The average molecular weight is 349 g/mol. The standard InChI is InChI=1S/C20H19N3OS/c1-24-18-11-6-10-17(14-18)23(20(21)25)19-12-5-9-16(22-19)13-15-7-3-2-4-8-15/h2-12,14H,13H2,1H3,(H2,21,25). The largest absolute Gasteiger partial charge is 0.497 e. The first kappa shape index (κ1) is 16.9. The topological polar surface area (TPSA) is 51.4 Å². The summed E-state index contributed by atoms with van der Waals surface area (Å²) in [5, 5.41) is 0.234. The van der Waals surface area contributed by atoms with E-state index in [1.165, 1.54) is 5.56 Å². The van der Waals surface area contributed by atoms with Crippen LogP contribution in [0.15, 0.2) is 72.8 Å². The molecule has 2 aromatic carbocycles. The Morgan fingerprint density at radius 3 is 2.52 bits per heavy atom. The zero-order chi connectivity index (χ0) is 17.6. The van der Waals surface area contributed by atoms with Gasteiger partial charge < -0.3 is 10.5 Å². The molecule has 0 aliphatic heterocycles. The number of benzene rings is 2. The molecule has 0 fully saturated rings. The van der Waals surface area contributed by atoms with E-state index < -0.39 is 0 Å². The first-order valence-corrected chi connectivity index (χ1v) is 8.31. The van der Waals surface area contributed by atoms with Gasteiger partial charge in [-0.2, -0.15) is 0 Å². The fraction of sp³-hybridized carbons (Fsp3) is 0.100. The maximum absolute atomic E-state index is 5.97. The van der Waals surface area contributed by atoms with E-state index in [9.17, 15) is 0 Å². The van der Waals surface area contributed by atoms with E-state index in [1.807, 2.05) is 60.7 Å². The van der Waals surface area contributed by atoms with Gasteiger partial charge in [-0.3, -0.25) is 4.90 Å². The molecule has 5 heteroatoms. The van der Waals surface area contributed by atoms with Gasteiger partial charge in [-0.1, -0.05) is 42.5 Å². The highest BCUT2D eigenvalue weighted by Crippen LogP contribution is 2.27. The molecule has 0 spiro atoms. The Morgan fingerprint density at radius 1 is 1.04 bits per heavy atom. The van der Waals surface area contributed by atoms with E-state index in [4.69, 9.17) is 27.7 Å². The molecule has 3 rings (SSSR count). The van der Waals surface area contributed by atoms with E-state index in [0.717, 1.165) is 23.6 Å². The van der Waals surface area contributed by atoms with Crippen molar-refractivity contribution in [2.45, 2.75) is 6.42 Å². The van der Waals surface area contributed by atoms with Gasteiger partial charge in [-0.25, -0.2) is 4.98 Å². The first-order valence-electron chi connectivity index (χ1n) is 7.91. The molecule has 2 N–H and O–H groups in total. The third kappa shape index (κ3) is 4.14. The van der Waals surface area contributed by atoms with Crippen LogP contribution in [0.25, 0.3) is 0 Å². The molecule has 0 atom stereocenters. The van der Waals surface area contributed by atoms with Crippen LogP contribution in [0, 0.1) is 0 Å². The molecule has 25 heavy (non-hydrogen) atoms. The summed E-state index contributed by atoms with van der Waals surface area (Å²) >= 11 is 5.26. The number of nitrogens with two attached hydrogens (primary N) is 1. The van der Waals surface area contributed by atoms with E-state index >= 15 is 0 Å². The number of anilines is 2. The molecule has 0 amide bonds. The van der Waals surface area contributed by atoms with Gasteiger partial charge in [0.05, 0.1) is 12.8 Å². The van der Waals surface area contributed by atoms with Crippen LogP contribution in [0.5, 0.6) is 5.75 Å². The maximum Gasteiger partial charge on any atom is 0.176 e. The Hall–Kier alpha value is -2.92. The van der Waals surface area contributed by atoms with Crippen molar-refractivity contribution in [2.24, 2.45) is 5.73 Å². The Morgan fingerprint density at radius 2 is 1.80 bits per heavy atom. The third-order valence-corrected chi connectivity index (χ3v) is 3.96. The number of hydrogen-bond acceptors (Lipinski definition) is 3. The zero-order valence-corrected chi connectivity index (χ0v) is 14.7. The second-order valence-corrected chi connectivity index (χ2v) is 5.94. The van der Waals surface area contributed by atoms with E-state index in [1.54, 1.807) is 12.0 Å².